The fraction of sp³-hybridized carbons (Fsp3) is 0.619. The van der Waals surface area contributed by atoms with Crippen molar-refractivity contribution in [2.75, 3.05) is 66.6 Å². The maximum Gasteiger partial charge on any atom is 0.349 e. The molecular formula is C42H66IN5O5. The van der Waals surface area contributed by atoms with Crippen LogP contribution in [0.25, 0.3) is 11.0 Å². The molecule has 0 saturated carbocycles. The average molecular weight is 848 g/mol. The maximum absolute atomic E-state index is 12.5. The summed E-state index contributed by atoms with van der Waals surface area (Å²) in [6.45, 7) is 8.80. The molecule has 0 radical (unpaired) electrons. The van der Waals surface area contributed by atoms with Gasteiger partial charge in [-0.25, -0.2) is 4.79 Å². The summed E-state index contributed by atoms with van der Waals surface area (Å²) in [6.07, 6.45) is 18.7. The summed E-state index contributed by atoms with van der Waals surface area (Å²) < 4.78 is 17.2. The van der Waals surface area contributed by atoms with Crippen molar-refractivity contribution in [1.82, 2.24) is 26.6 Å². The summed E-state index contributed by atoms with van der Waals surface area (Å²) >= 11 is 2.35. The number of unbranched alkanes of at least 4 members (excludes halogenated alkanes) is 11. The largest absolute Gasteiger partial charge is 0.497 e. The fourth-order valence-electron chi connectivity index (χ4n) is 6.28. The van der Waals surface area contributed by atoms with E-state index in [0.717, 1.165) is 70.9 Å². The van der Waals surface area contributed by atoms with Crippen molar-refractivity contribution in [1.29, 1.82) is 0 Å². The third-order valence-corrected chi connectivity index (χ3v) is 10.1. The molecule has 0 unspecified atom stereocenters. The standard InChI is InChI=1S/C42H66IN5O5/c1-51-37-20-18-34-31-38(42(50)53-40(34)32-37)41(49)48-29-17-28-46-26-15-8-7-13-24-44-22-11-5-3-4-6-12-23-45-25-14-9-10-16-27-47-33-35-30-36(43)19-21-39(35)52-2/h18-21,30-32,44-47H,3-17,22-29,33H2,1-2H3,(H,48,49). The molecular weight excluding hydrogens is 781 g/mol. The molecule has 11 heteroatoms. The van der Waals surface area contributed by atoms with E-state index in [4.69, 9.17) is 13.9 Å². The van der Waals surface area contributed by atoms with Crippen LogP contribution in [0.4, 0.5) is 0 Å². The van der Waals surface area contributed by atoms with Crippen molar-refractivity contribution in [3.05, 3.63) is 67.6 Å². The third-order valence-electron chi connectivity index (χ3n) is 9.43. The Morgan fingerprint density at radius 1 is 0.604 bits per heavy atom. The highest BCUT2D eigenvalue weighted by atomic mass is 127. The number of nitrogens with one attached hydrogen (secondary N) is 5. The Bertz CT molecular complexity index is 1490. The third kappa shape index (κ3) is 19.4. The minimum absolute atomic E-state index is 0.0221. The summed E-state index contributed by atoms with van der Waals surface area (Å²) in [6, 6.07) is 13.1. The lowest BCUT2D eigenvalue weighted by atomic mass is 10.1. The minimum Gasteiger partial charge on any atom is -0.497 e. The molecule has 1 amide bonds. The molecule has 1 aromatic heterocycles. The van der Waals surface area contributed by atoms with E-state index >= 15 is 0 Å². The van der Waals surface area contributed by atoms with Gasteiger partial charge in [0.25, 0.3) is 5.91 Å². The van der Waals surface area contributed by atoms with Gasteiger partial charge in [-0.2, -0.15) is 0 Å². The zero-order chi connectivity index (χ0) is 37.8. The summed E-state index contributed by atoms with van der Waals surface area (Å²) in [7, 11) is 3.29. The number of amides is 1. The molecule has 296 valence electrons. The monoisotopic (exact) mass is 847 g/mol. The van der Waals surface area contributed by atoms with Crippen molar-refractivity contribution in [3.63, 3.8) is 0 Å². The van der Waals surface area contributed by atoms with Gasteiger partial charge in [-0.1, -0.05) is 51.4 Å². The molecule has 0 fully saturated rings. The number of halogens is 1. The van der Waals surface area contributed by atoms with Gasteiger partial charge in [-0.15, -0.1) is 0 Å². The molecule has 1 heterocycles. The van der Waals surface area contributed by atoms with Gasteiger partial charge in [0.1, 0.15) is 22.6 Å². The van der Waals surface area contributed by atoms with Gasteiger partial charge in [0.15, 0.2) is 0 Å². The number of carbonyl (C=O) groups is 1. The van der Waals surface area contributed by atoms with Gasteiger partial charge in [0, 0.05) is 33.7 Å². The Morgan fingerprint density at radius 3 is 1.68 bits per heavy atom. The molecule has 0 aliphatic carbocycles. The lowest BCUT2D eigenvalue weighted by Gasteiger charge is -2.10. The Balaban J connectivity index is 0.982. The highest BCUT2D eigenvalue weighted by Gasteiger charge is 2.13. The van der Waals surface area contributed by atoms with Gasteiger partial charge >= 0.3 is 5.63 Å². The Hall–Kier alpha value is -2.71. The number of methoxy groups -OCH3 is 2. The molecule has 5 N–H and O–H groups in total. The smallest absolute Gasteiger partial charge is 0.349 e. The molecule has 0 atom stereocenters. The Kier molecular flexibility index (Phi) is 24.2. The van der Waals surface area contributed by atoms with Crippen molar-refractivity contribution in [3.8, 4) is 11.5 Å². The van der Waals surface area contributed by atoms with Crippen LogP contribution in [0.1, 0.15) is 112 Å². The highest BCUT2D eigenvalue weighted by molar-refractivity contribution is 14.1. The zero-order valence-corrected chi connectivity index (χ0v) is 34.6. The lowest BCUT2D eigenvalue weighted by molar-refractivity contribution is 0.0949. The Morgan fingerprint density at radius 2 is 1.13 bits per heavy atom. The van der Waals surface area contributed by atoms with E-state index in [9.17, 15) is 9.59 Å². The van der Waals surface area contributed by atoms with Crippen LogP contribution in [0.3, 0.4) is 0 Å². The number of rotatable bonds is 32. The number of fused-ring (bicyclic) bond motifs is 1. The first-order valence-electron chi connectivity index (χ1n) is 20.1. The minimum atomic E-state index is -0.643. The fourth-order valence-corrected chi connectivity index (χ4v) is 6.84. The van der Waals surface area contributed by atoms with Crippen molar-refractivity contribution < 1.29 is 18.7 Å². The molecule has 2 aromatic carbocycles. The van der Waals surface area contributed by atoms with E-state index in [1.807, 2.05) is 6.07 Å². The second-order valence-corrected chi connectivity index (χ2v) is 15.0. The van der Waals surface area contributed by atoms with Crippen LogP contribution < -0.4 is 41.7 Å². The van der Waals surface area contributed by atoms with Gasteiger partial charge in [0.2, 0.25) is 0 Å². The summed E-state index contributed by atoms with van der Waals surface area (Å²) in [5.74, 6) is 1.16. The number of hydrogen-bond acceptors (Lipinski definition) is 9. The molecule has 0 spiro atoms. The average Bonchev–Trinajstić information content (AvgIpc) is 3.16. The molecule has 0 bridgehead atoms. The van der Waals surface area contributed by atoms with Crippen LogP contribution in [0.15, 0.2) is 51.7 Å². The van der Waals surface area contributed by atoms with Gasteiger partial charge in [0.05, 0.1) is 14.2 Å². The van der Waals surface area contributed by atoms with Crippen LogP contribution in [0.5, 0.6) is 11.5 Å². The van der Waals surface area contributed by atoms with Crippen LogP contribution in [-0.4, -0.2) is 72.5 Å². The second kappa shape index (κ2) is 28.7. The van der Waals surface area contributed by atoms with E-state index < -0.39 is 11.5 Å². The first-order valence-corrected chi connectivity index (χ1v) is 21.1. The molecule has 0 aliphatic heterocycles. The van der Waals surface area contributed by atoms with E-state index in [-0.39, 0.29) is 5.56 Å². The summed E-state index contributed by atoms with van der Waals surface area (Å²) in [5, 5.41) is 17.8. The van der Waals surface area contributed by atoms with E-state index in [1.165, 1.54) is 92.6 Å². The van der Waals surface area contributed by atoms with Crippen LogP contribution >= 0.6 is 22.6 Å². The number of carbonyl (C=O) groups excluding carboxylic acids is 1. The highest BCUT2D eigenvalue weighted by Crippen LogP contribution is 2.21. The molecule has 0 saturated heterocycles. The zero-order valence-electron chi connectivity index (χ0n) is 32.4. The molecule has 3 rings (SSSR count). The van der Waals surface area contributed by atoms with E-state index in [0.29, 0.717) is 23.3 Å². The molecule has 53 heavy (non-hydrogen) atoms. The number of hydrogen-bond donors (Lipinski definition) is 5. The first kappa shape index (κ1) is 44.7. The SMILES string of the molecule is COc1ccc2cc(C(=O)NCCCNCCCCCCNCCCCCCCCNCCCCCCNCc3cc(I)ccc3OC)c(=O)oc2c1. The van der Waals surface area contributed by atoms with Gasteiger partial charge < -0.3 is 40.5 Å². The number of ether oxygens (including phenoxy) is 2. The lowest BCUT2D eigenvalue weighted by Crippen LogP contribution is -2.30. The van der Waals surface area contributed by atoms with Crippen LogP contribution in [0.2, 0.25) is 0 Å². The predicted molar refractivity (Wildman–Crippen MR) is 227 cm³/mol. The second-order valence-electron chi connectivity index (χ2n) is 13.8. The van der Waals surface area contributed by atoms with Gasteiger partial charge in [-0.05, 0) is 150 Å². The quantitative estimate of drug-likeness (QED) is 0.0246. The van der Waals surface area contributed by atoms with Crippen molar-refractivity contribution >= 4 is 39.5 Å². The molecule has 3 aromatic rings. The van der Waals surface area contributed by atoms with E-state index in [1.54, 1.807) is 38.5 Å². The van der Waals surface area contributed by atoms with Gasteiger partial charge in [-0.3, -0.25) is 4.79 Å². The molecule has 10 nitrogen and oxygen atoms in total. The van der Waals surface area contributed by atoms with Crippen LogP contribution in [-0.2, 0) is 6.54 Å². The summed E-state index contributed by atoms with van der Waals surface area (Å²) in [5.41, 5.74) is 1.01. The Labute approximate surface area is 331 Å². The first-order chi connectivity index (χ1) is 26.0. The molecule has 0 aliphatic rings. The van der Waals surface area contributed by atoms with Crippen LogP contribution in [0, 0.1) is 3.57 Å². The normalized spacial score (nSPS) is 11.3. The number of benzene rings is 2. The van der Waals surface area contributed by atoms with Crippen molar-refractivity contribution in [2.45, 2.75) is 103 Å². The summed E-state index contributed by atoms with van der Waals surface area (Å²) in [4.78, 5) is 24.8. The van der Waals surface area contributed by atoms with E-state index in [2.05, 4.69) is 61.3 Å². The topological polar surface area (TPSA) is 126 Å². The maximum atomic E-state index is 12.5. The van der Waals surface area contributed by atoms with Crippen molar-refractivity contribution in [2.24, 2.45) is 0 Å². The predicted octanol–water partition coefficient (Wildman–Crippen LogP) is 7.55.